The molecule has 1 aromatic carbocycles. The Morgan fingerprint density at radius 3 is 2.42 bits per heavy atom. The highest BCUT2D eigenvalue weighted by atomic mass is 16.5. The highest BCUT2D eigenvalue weighted by Crippen LogP contribution is 2.31. The van der Waals surface area contributed by atoms with Gasteiger partial charge in [-0.15, -0.1) is 0 Å². The first-order valence-electron chi connectivity index (χ1n) is 13.2. The minimum atomic E-state index is -0.386. The van der Waals surface area contributed by atoms with Crippen molar-refractivity contribution >= 4 is 22.7 Å². The van der Waals surface area contributed by atoms with Crippen LogP contribution in [0.4, 0.5) is 5.82 Å². The molecule has 0 aliphatic carbocycles. The van der Waals surface area contributed by atoms with E-state index in [1.54, 1.807) is 18.3 Å². The zero-order valence-corrected chi connectivity index (χ0v) is 23.4. The lowest BCUT2D eigenvalue weighted by molar-refractivity contribution is 0.0549. The summed E-state index contributed by atoms with van der Waals surface area (Å²) < 4.78 is 7.36. The number of carbonyl (C=O) groups excluding carboxylic acids is 1. The van der Waals surface area contributed by atoms with Crippen molar-refractivity contribution in [2.75, 3.05) is 6.61 Å². The minimum absolute atomic E-state index is 0.144. The molecule has 38 heavy (non-hydrogen) atoms. The molecule has 3 aromatic rings. The summed E-state index contributed by atoms with van der Waals surface area (Å²) in [5, 5.41) is 5.21. The van der Waals surface area contributed by atoms with Crippen molar-refractivity contribution < 1.29 is 9.53 Å². The van der Waals surface area contributed by atoms with Gasteiger partial charge >= 0.3 is 11.8 Å². The van der Waals surface area contributed by atoms with Crippen LogP contribution in [-0.2, 0) is 4.74 Å². The van der Waals surface area contributed by atoms with Gasteiger partial charge in [-0.1, -0.05) is 47.6 Å². The summed E-state index contributed by atoms with van der Waals surface area (Å²) in [7, 11) is 0. The maximum atomic E-state index is 12.7. The third-order valence-corrected chi connectivity index (χ3v) is 6.34. The van der Waals surface area contributed by atoms with Crippen LogP contribution in [0.25, 0.3) is 27.0 Å². The van der Waals surface area contributed by atoms with Crippen molar-refractivity contribution in [3.63, 3.8) is 0 Å². The maximum Gasteiger partial charge on any atom is 0.338 e. The number of esters is 1. The topological polar surface area (TPSA) is 61.4 Å². The monoisotopic (exact) mass is 510 g/mol. The minimum Gasteiger partial charge on any atom is -0.458 e. The predicted molar refractivity (Wildman–Crippen MR) is 155 cm³/mol. The molecule has 2 aromatic heterocycles. The molecular weight excluding hydrogens is 472 g/mol. The number of hydrogen-bond acceptors (Lipinski definition) is 4. The van der Waals surface area contributed by atoms with Crippen LogP contribution in [0, 0.1) is 6.57 Å². The fourth-order valence-electron chi connectivity index (χ4n) is 4.16. The molecule has 198 valence electrons. The molecule has 0 saturated carbocycles. The van der Waals surface area contributed by atoms with E-state index >= 15 is 0 Å². The summed E-state index contributed by atoms with van der Waals surface area (Å²) in [6.07, 6.45) is 12.3. The second-order valence-electron chi connectivity index (χ2n) is 10.2. The Kier molecular flexibility index (Phi) is 10.2. The average Bonchev–Trinajstić information content (AvgIpc) is 3.27. The standard InChI is InChI=1S/C32H38N4O2/c1-22(2)10-8-11-24(5)12-9-13-25(6)17-19-38-32(37)27-16-18-34-29(21-27)26-14-15-30-28(20-26)31(33-7)35-36(30)23(3)4/h10,12,14-18,20-21,23H,8-9,11,13,19H2,1-6H3/b24-12+,25-17+. The van der Waals surface area contributed by atoms with Gasteiger partial charge in [0, 0.05) is 11.6 Å². The fourth-order valence-corrected chi connectivity index (χ4v) is 4.16. The molecule has 0 aliphatic heterocycles. The highest BCUT2D eigenvalue weighted by molar-refractivity contribution is 5.95. The predicted octanol–water partition coefficient (Wildman–Crippen LogP) is 8.81. The fraction of sp³-hybridized carbons (Fsp3) is 0.375. The zero-order valence-electron chi connectivity index (χ0n) is 23.4. The normalized spacial score (nSPS) is 12.1. The van der Waals surface area contributed by atoms with Crippen LogP contribution in [-0.4, -0.2) is 27.3 Å². The Morgan fingerprint density at radius 1 is 1.03 bits per heavy atom. The number of ether oxygens (including phenoxy) is 1. The van der Waals surface area contributed by atoms with Gasteiger partial charge in [0.25, 0.3) is 0 Å². The molecule has 3 rings (SSSR count). The summed E-state index contributed by atoms with van der Waals surface area (Å²) in [5.74, 6) is -0.0223. The van der Waals surface area contributed by atoms with Crippen molar-refractivity contribution in [2.45, 2.75) is 73.3 Å². The van der Waals surface area contributed by atoms with Crippen molar-refractivity contribution in [3.05, 3.63) is 88.5 Å². The van der Waals surface area contributed by atoms with Crippen LogP contribution in [0.15, 0.2) is 71.5 Å². The van der Waals surface area contributed by atoms with E-state index in [2.05, 4.69) is 54.8 Å². The molecule has 0 spiro atoms. The number of aromatic nitrogens is 3. The van der Waals surface area contributed by atoms with Crippen LogP contribution in [0.2, 0.25) is 0 Å². The number of carbonyl (C=O) groups is 1. The molecule has 0 bridgehead atoms. The van der Waals surface area contributed by atoms with Crippen LogP contribution in [0.1, 0.15) is 83.6 Å². The molecule has 2 heterocycles. The first-order valence-corrected chi connectivity index (χ1v) is 13.2. The highest BCUT2D eigenvalue weighted by Gasteiger charge is 2.16. The number of rotatable bonds is 11. The molecule has 0 radical (unpaired) electrons. The van der Waals surface area contributed by atoms with E-state index in [0.29, 0.717) is 17.1 Å². The zero-order chi connectivity index (χ0) is 27.7. The van der Waals surface area contributed by atoms with E-state index in [1.165, 1.54) is 16.7 Å². The summed E-state index contributed by atoms with van der Waals surface area (Å²) >= 11 is 0. The Labute approximate surface area is 226 Å². The number of allylic oxidation sites excluding steroid dienone is 5. The van der Waals surface area contributed by atoms with Gasteiger partial charge in [0.05, 0.1) is 22.8 Å². The smallest absolute Gasteiger partial charge is 0.338 e. The van der Waals surface area contributed by atoms with E-state index in [4.69, 9.17) is 11.3 Å². The molecular formula is C32H38N4O2. The third kappa shape index (κ3) is 7.76. The Balaban J connectivity index is 1.61. The van der Waals surface area contributed by atoms with E-state index < -0.39 is 0 Å². The number of hydrogen-bond donors (Lipinski definition) is 0. The molecule has 0 amide bonds. The average molecular weight is 511 g/mol. The van der Waals surface area contributed by atoms with Crippen LogP contribution >= 0.6 is 0 Å². The Hall–Kier alpha value is -3.98. The lowest BCUT2D eigenvalue weighted by Gasteiger charge is -2.07. The molecule has 0 fully saturated rings. The van der Waals surface area contributed by atoms with Gasteiger partial charge in [-0.2, -0.15) is 4.68 Å². The SMILES string of the molecule is [C-]#[N+]c1nn(C(C)C)c2ccc(-c3cc(C(=O)OC/C=C(\C)CC/C=C(\C)CCC=C(C)C)ccn3)cc12. The van der Waals surface area contributed by atoms with Gasteiger partial charge in [-0.05, 0) is 102 Å². The number of benzene rings is 1. The van der Waals surface area contributed by atoms with Gasteiger partial charge in [0.2, 0.25) is 0 Å². The second-order valence-corrected chi connectivity index (χ2v) is 10.2. The summed E-state index contributed by atoms with van der Waals surface area (Å²) in [6, 6.07) is 9.34. The van der Waals surface area contributed by atoms with Gasteiger partial charge in [0.1, 0.15) is 6.61 Å². The second kappa shape index (κ2) is 13.5. The number of nitrogens with zero attached hydrogens (tertiary/aromatic N) is 4. The quantitative estimate of drug-likeness (QED) is 0.147. The van der Waals surface area contributed by atoms with Crippen LogP contribution < -0.4 is 0 Å². The number of pyridine rings is 1. The molecule has 0 atom stereocenters. The molecule has 0 aliphatic rings. The van der Waals surface area contributed by atoms with E-state index in [0.717, 1.165) is 42.1 Å². The van der Waals surface area contributed by atoms with Crippen LogP contribution in [0.3, 0.4) is 0 Å². The first kappa shape index (κ1) is 28.6. The summed E-state index contributed by atoms with van der Waals surface area (Å²) in [4.78, 5) is 20.7. The largest absolute Gasteiger partial charge is 0.458 e. The van der Waals surface area contributed by atoms with Gasteiger partial charge < -0.3 is 9.58 Å². The van der Waals surface area contributed by atoms with E-state index in [1.807, 2.05) is 42.8 Å². The first-order chi connectivity index (χ1) is 18.2. The van der Waals surface area contributed by atoms with E-state index in [-0.39, 0.29) is 18.6 Å². The van der Waals surface area contributed by atoms with Gasteiger partial charge in [0.15, 0.2) is 0 Å². The molecule has 6 heteroatoms. The lowest BCUT2D eigenvalue weighted by atomic mass is 10.1. The van der Waals surface area contributed by atoms with Crippen molar-refractivity contribution in [1.82, 2.24) is 14.8 Å². The van der Waals surface area contributed by atoms with Crippen molar-refractivity contribution in [2.24, 2.45) is 0 Å². The van der Waals surface area contributed by atoms with E-state index in [9.17, 15) is 4.79 Å². The molecule has 0 N–H and O–H groups in total. The number of fused-ring (bicyclic) bond motifs is 1. The lowest BCUT2D eigenvalue weighted by Crippen LogP contribution is -2.06. The van der Waals surface area contributed by atoms with Crippen molar-refractivity contribution in [3.8, 4) is 11.3 Å². The van der Waals surface area contributed by atoms with Gasteiger partial charge in [-0.3, -0.25) is 4.98 Å². The molecule has 0 saturated heterocycles. The van der Waals surface area contributed by atoms with Crippen molar-refractivity contribution in [1.29, 1.82) is 0 Å². The maximum absolute atomic E-state index is 12.7. The Morgan fingerprint density at radius 2 is 1.74 bits per heavy atom. The van der Waals surface area contributed by atoms with Gasteiger partial charge in [-0.25, -0.2) is 4.79 Å². The molecule has 0 unspecified atom stereocenters. The third-order valence-electron chi connectivity index (χ3n) is 6.34. The van der Waals surface area contributed by atoms with Crippen LogP contribution in [0.5, 0.6) is 0 Å². The Bertz CT molecular complexity index is 1410. The summed E-state index contributed by atoms with van der Waals surface area (Å²) in [5.41, 5.74) is 6.79. The summed E-state index contributed by atoms with van der Waals surface area (Å²) in [6.45, 7) is 20.3. The molecule has 6 nitrogen and oxygen atoms in total.